The normalized spacial score (nSPS) is 12.2. The quantitative estimate of drug-likeness (QED) is 0.759. The third-order valence-electron chi connectivity index (χ3n) is 2.72. The number of hydrogen-bond donors (Lipinski definition) is 2. The van der Waals surface area contributed by atoms with Crippen molar-refractivity contribution in [3.63, 3.8) is 0 Å². The second-order valence-electron chi connectivity index (χ2n) is 4.17. The number of carboxylic acids is 1. The Kier molecular flexibility index (Phi) is 6.15. The van der Waals surface area contributed by atoms with E-state index in [1.807, 2.05) is 18.2 Å². The molecule has 0 aromatic heterocycles. The third-order valence-corrected chi connectivity index (χ3v) is 3.34. The SMILES string of the molecule is COc1ccc(CNCCC(C)C(=O)O)cc1Br. The lowest BCUT2D eigenvalue weighted by Gasteiger charge is -2.09. The molecule has 1 atom stereocenters. The largest absolute Gasteiger partial charge is 0.496 e. The molecule has 0 amide bonds. The van der Waals surface area contributed by atoms with Crippen molar-refractivity contribution in [2.24, 2.45) is 5.92 Å². The van der Waals surface area contributed by atoms with Gasteiger partial charge in [-0.3, -0.25) is 4.79 Å². The molecular formula is C13H18BrNO3. The van der Waals surface area contributed by atoms with Crippen LogP contribution in [0.4, 0.5) is 0 Å². The molecule has 0 aliphatic carbocycles. The fourth-order valence-electron chi connectivity index (χ4n) is 1.49. The molecule has 5 heteroatoms. The highest BCUT2D eigenvalue weighted by molar-refractivity contribution is 9.10. The van der Waals surface area contributed by atoms with E-state index in [0.717, 1.165) is 22.3 Å². The van der Waals surface area contributed by atoms with Gasteiger partial charge in [0.2, 0.25) is 0 Å². The zero-order valence-corrected chi connectivity index (χ0v) is 12.2. The van der Waals surface area contributed by atoms with Crippen LogP contribution in [0.25, 0.3) is 0 Å². The molecule has 0 saturated carbocycles. The first-order chi connectivity index (χ1) is 8.54. The molecule has 4 nitrogen and oxygen atoms in total. The fraction of sp³-hybridized carbons (Fsp3) is 0.462. The summed E-state index contributed by atoms with van der Waals surface area (Å²) in [5.74, 6) is -0.248. The molecule has 0 heterocycles. The summed E-state index contributed by atoms with van der Waals surface area (Å²) >= 11 is 3.43. The van der Waals surface area contributed by atoms with E-state index in [4.69, 9.17) is 9.84 Å². The van der Waals surface area contributed by atoms with Crippen molar-refractivity contribution in [1.82, 2.24) is 5.32 Å². The lowest BCUT2D eigenvalue weighted by Crippen LogP contribution is -2.20. The minimum absolute atomic E-state index is 0.305. The number of hydrogen-bond acceptors (Lipinski definition) is 3. The molecule has 0 fully saturated rings. The second-order valence-corrected chi connectivity index (χ2v) is 5.03. The van der Waals surface area contributed by atoms with Crippen LogP contribution in [0.3, 0.4) is 0 Å². The number of rotatable bonds is 7. The first-order valence-corrected chi connectivity index (χ1v) is 6.60. The van der Waals surface area contributed by atoms with Gasteiger partial charge in [0.05, 0.1) is 17.5 Å². The first kappa shape index (κ1) is 15.0. The molecule has 0 aliphatic rings. The van der Waals surface area contributed by atoms with Gasteiger partial charge in [0, 0.05) is 6.54 Å². The van der Waals surface area contributed by atoms with Gasteiger partial charge in [-0.25, -0.2) is 0 Å². The van der Waals surface area contributed by atoms with Crippen molar-refractivity contribution in [3.8, 4) is 5.75 Å². The van der Waals surface area contributed by atoms with Crippen molar-refractivity contribution in [2.45, 2.75) is 19.9 Å². The van der Waals surface area contributed by atoms with E-state index < -0.39 is 5.97 Å². The highest BCUT2D eigenvalue weighted by Crippen LogP contribution is 2.25. The van der Waals surface area contributed by atoms with E-state index in [2.05, 4.69) is 21.2 Å². The van der Waals surface area contributed by atoms with Crippen LogP contribution in [0, 0.1) is 5.92 Å². The Balaban J connectivity index is 2.36. The molecule has 18 heavy (non-hydrogen) atoms. The van der Waals surface area contributed by atoms with E-state index in [1.165, 1.54) is 0 Å². The lowest BCUT2D eigenvalue weighted by atomic mass is 10.1. The highest BCUT2D eigenvalue weighted by atomic mass is 79.9. The molecule has 0 radical (unpaired) electrons. The van der Waals surface area contributed by atoms with Crippen molar-refractivity contribution in [1.29, 1.82) is 0 Å². The van der Waals surface area contributed by atoms with Crippen LogP contribution in [0.1, 0.15) is 18.9 Å². The predicted molar refractivity (Wildman–Crippen MR) is 73.8 cm³/mol. The average Bonchev–Trinajstić information content (AvgIpc) is 2.34. The maximum atomic E-state index is 10.6. The predicted octanol–water partition coefficient (Wildman–Crippen LogP) is 2.66. The maximum absolute atomic E-state index is 10.6. The summed E-state index contributed by atoms with van der Waals surface area (Å²) in [6.07, 6.45) is 0.632. The Morgan fingerprint density at radius 3 is 2.83 bits per heavy atom. The molecule has 0 spiro atoms. The smallest absolute Gasteiger partial charge is 0.306 e. The summed E-state index contributed by atoms with van der Waals surface area (Å²) in [6.45, 7) is 3.13. The van der Waals surface area contributed by atoms with Crippen LogP contribution in [-0.4, -0.2) is 24.7 Å². The molecule has 1 unspecified atom stereocenters. The van der Waals surface area contributed by atoms with Gasteiger partial charge in [-0.2, -0.15) is 0 Å². The van der Waals surface area contributed by atoms with E-state index in [1.54, 1.807) is 14.0 Å². The molecule has 0 bridgehead atoms. The molecule has 0 aliphatic heterocycles. The van der Waals surface area contributed by atoms with Crippen LogP contribution in [0.15, 0.2) is 22.7 Å². The molecule has 1 rings (SSSR count). The summed E-state index contributed by atoms with van der Waals surface area (Å²) < 4.78 is 6.07. The van der Waals surface area contributed by atoms with Gasteiger partial charge in [-0.05, 0) is 46.6 Å². The van der Waals surface area contributed by atoms with Crippen molar-refractivity contribution >= 4 is 21.9 Å². The fourth-order valence-corrected chi connectivity index (χ4v) is 2.08. The van der Waals surface area contributed by atoms with Gasteiger partial charge in [0.1, 0.15) is 5.75 Å². The molecule has 2 N–H and O–H groups in total. The Hall–Kier alpha value is -1.07. The molecule has 0 saturated heterocycles. The number of carboxylic acid groups (broad SMARTS) is 1. The minimum Gasteiger partial charge on any atom is -0.496 e. The number of nitrogens with one attached hydrogen (secondary N) is 1. The zero-order valence-electron chi connectivity index (χ0n) is 10.6. The van der Waals surface area contributed by atoms with Gasteiger partial charge < -0.3 is 15.2 Å². The van der Waals surface area contributed by atoms with E-state index in [9.17, 15) is 4.79 Å². The van der Waals surface area contributed by atoms with E-state index in [0.29, 0.717) is 13.0 Å². The Morgan fingerprint density at radius 1 is 1.56 bits per heavy atom. The first-order valence-electron chi connectivity index (χ1n) is 5.80. The number of methoxy groups -OCH3 is 1. The summed E-state index contributed by atoms with van der Waals surface area (Å²) in [5, 5.41) is 12.0. The number of carbonyl (C=O) groups is 1. The lowest BCUT2D eigenvalue weighted by molar-refractivity contribution is -0.141. The number of halogens is 1. The molecule has 100 valence electrons. The van der Waals surface area contributed by atoms with Crippen LogP contribution in [0.2, 0.25) is 0 Å². The van der Waals surface area contributed by atoms with Gasteiger partial charge in [0.15, 0.2) is 0 Å². The number of benzene rings is 1. The summed E-state index contributed by atoms with van der Waals surface area (Å²) in [4.78, 5) is 10.6. The van der Waals surface area contributed by atoms with Crippen molar-refractivity contribution in [3.05, 3.63) is 28.2 Å². The standard InChI is InChI=1S/C13H18BrNO3/c1-9(13(16)17)5-6-15-8-10-3-4-12(18-2)11(14)7-10/h3-4,7,9,15H,5-6,8H2,1-2H3,(H,16,17). The summed E-state index contributed by atoms with van der Waals surface area (Å²) in [5.41, 5.74) is 1.13. The summed E-state index contributed by atoms with van der Waals surface area (Å²) in [6, 6.07) is 5.88. The zero-order chi connectivity index (χ0) is 13.5. The van der Waals surface area contributed by atoms with Crippen LogP contribution >= 0.6 is 15.9 Å². The van der Waals surface area contributed by atoms with Gasteiger partial charge >= 0.3 is 5.97 Å². The van der Waals surface area contributed by atoms with Crippen LogP contribution < -0.4 is 10.1 Å². The Labute approximate surface area is 115 Å². The molecule has 1 aromatic carbocycles. The number of ether oxygens (including phenoxy) is 1. The topological polar surface area (TPSA) is 58.6 Å². The van der Waals surface area contributed by atoms with Gasteiger partial charge in [0.25, 0.3) is 0 Å². The van der Waals surface area contributed by atoms with Crippen molar-refractivity contribution < 1.29 is 14.6 Å². The second kappa shape index (κ2) is 7.38. The average molecular weight is 316 g/mol. The van der Waals surface area contributed by atoms with Crippen molar-refractivity contribution in [2.75, 3.05) is 13.7 Å². The Morgan fingerprint density at radius 2 is 2.28 bits per heavy atom. The van der Waals surface area contributed by atoms with Gasteiger partial charge in [-0.15, -0.1) is 0 Å². The van der Waals surface area contributed by atoms with E-state index in [-0.39, 0.29) is 5.92 Å². The minimum atomic E-state index is -0.746. The Bertz CT molecular complexity index is 409. The summed E-state index contributed by atoms with van der Waals surface area (Å²) in [7, 11) is 1.63. The maximum Gasteiger partial charge on any atom is 0.306 e. The van der Waals surface area contributed by atoms with Crippen LogP contribution in [-0.2, 0) is 11.3 Å². The monoisotopic (exact) mass is 315 g/mol. The number of aliphatic carboxylic acids is 1. The van der Waals surface area contributed by atoms with Crippen LogP contribution in [0.5, 0.6) is 5.75 Å². The van der Waals surface area contributed by atoms with Gasteiger partial charge in [-0.1, -0.05) is 13.0 Å². The third kappa shape index (κ3) is 4.66. The highest BCUT2D eigenvalue weighted by Gasteiger charge is 2.09. The van der Waals surface area contributed by atoms with E-state index >= 15 is 0 Å². The molecular weight excluding hydrogens is 298 g/mol. The molecule has 1 aromatic rings.